The zero-order chi connectivity index (χ0) is 17.3. The second-order valence-electron chi connectivity index (χ2n) is 5.70. The lowest BCUT2D eigenvalue weighted by molar-refractivity contribution is -0.139. The maximum Gasteiger partial charge on any atom is 0.341 e. The van der Waals surface area contributed by atoms with E-state index in [9.17, 15) is 14.4 Å². The fraction of sp³-hybridized carbons (Fsp3) is 0.294. The van der Waals surface area contributed by atoms with Gasteiger partial charge in [-0.1, -0.05) is 0 Å². The molecule has 2 N–H and O–H groups in total. The lowest BCUT2D eigenvalue weighted by Gasteiger charge is -2.22. The molecule has 1 aromatic carbocycles. The number of nitrogens with one attached hydrogen (secondary N) is 1. The van der Waals surface area contributed by atoms with E-state index in [1.54, 1.807) is 18.2 Å². The lowest BCUT2D eigenvalue weighted by atomic mass is 9.89. The number of carboxylic acids is 1. The molecule has 1 atom stereocenters. The molecule has 24 heavy (non-hydrogen) atoms. The molecule has 7 nitrogen and oxygen atoms in total. The number of carbonyl (C=O) groups is 3. The van der Waals surface area contributed by atoms with Crippen LogP contribution in [0.4, 0.5) is 0 Å². The van der Waals surface area contributed by atoms with Gasteiger partial charge in [0.2, 0.25) is 11.8 Å². The molecular formula is C17H16N2O5. The van der Waals surface area contributed by atoms with Crippen LogP contribution in [0.15, 0.2) is 24.3 Å². The first-order valence-corrected chi connectivity index (χ1v) is 7.53. The lowest BCUT2D eigenvalue weighted by Crippen LogP contribution is -2.39. The normalized spacial score (nSPS) is 17.6. The highest BCUT2D eigenvalue weighted by molar-refractivity contribution is 6.01. The zero-order valence-electron chi connectivity index (χ0n) is 13.0. The van der Waals surface area contributed by atoms with Crippen LogP contribution >= 0.6 is 0 Å². The molecule has 2 aromatic rings. The largest absolute Gasteiger partial charge is 0.482 e. The predicted octanol–water partition coefficient (Wildman–Crippen LogP) is 1.53. The van der Waals surface area contributed by atoms with Crippen molar-refractivity contribution in [2.24, 2.45) is 0 Å². The molecule has 3 rings (SSSR count). The Balaban J connectivity index is 1.96. The molecule has 1 aliphatic heterocycles. The van der Waals surface area contributed by atoms with Gasteiger partial charge in [-0.3, -0.25) is 19.9 Å². The number of carboxylic acid groups (broad SMARTS) is 1. The Labute approximate surface area is 137 Å². The number of ether oxygens (including phenoxy) is 1. The van der Waals surface area contributed by atoms with Gasteiger partial charge in [0.15, 0.2) is 6.61 Å². The Morgan fingerprint density at radius 3 is 2.88 bits per heavy atom. The average Bonchev–Trinajstić information content (AvgIpc) is 2.53. The zero-order valence-corrected chi connectivity index (χ0v) is 13.0. The second-order valence-corrected chi connectivity index (χ2v) is 5.70. The van der Waals surface area contributed by atoms with Crippen molar-refractivity contribution in [3.05, 3.63) is 35.5 Å². The number of amides is 2. The number of pyridine rings is 1. The maximum absolute atomic E-state index is 12.1. The van der Waals surface area contributed by atoms with Crippen LogP contribution < -0.4 is 10.1 Å². The average molecular weight is 328 g/mol. The van der Waals surface area contributed by atoms with Gasteiger partial charge in [-0.25, -0.2) is 4.79 Å². The highest BCUT2D eigenvalue weighted by Crippen LogP contribution is 2.30. The van der Waals surface area contributed by atoms with E-state index in [4.69, 9.17) is 9.84 Å². The minimum absolute atomic E-state index is 0.257. The Morgan fingerprint density at radius 2 is 2.17 bits per heavy atom. The SMILES string of the molecule is Cc1nc2ccc(OCC(=O)O)cc2cc1C1CCC(=O)NC1=O. The molecule has 2 heterocycles. The molecule has 1 saturated heterocycles. The van der Waals surface area contributed by atoms with Gasteiger partial charge < -0.3 is 9.84 Å². The number of aromatic nitrogens is 1. The summed E-state index contributed by atoms with van der Waals surface area (Å²) in [5.74, 6) is -1.62. The van der Waals surface area contributed by atoms with Crippen LogP contribution in [-0.2, 0) is 14.4 Å². The van der Waals surface area contributed by atoms with Crippen LogP contribution in [-0.4, -0.2) is 34.5 Å². The summed E-state index contributed by atoms with van der Waals surface area (Å²) in [7, 11) is 0. The third-order valence-electron chi connectivity index (χ3n) is 3.99. The van der Waals surface area contributed by atoms with E-state index in [0.29, 0.717) is 18.6 Å². The summed E-state index contributed by atoms with van der Waals surface area (Å²) in [5.41, 5.74) is 2.23. The number of piperidine rings is 1. The third kappa shape index (κ3) is 3.19. The van der Waals surface area contributed by atoms with E-state index in [0.717, 1.165) is 22.2 Å². The smallest absolute Gasteiger partial charge is 0.341 e. The molecule has 1 unspecified atom stereocenters. The molecule has 1 fully saturated rings. The molecular weight excluding hydrogens is 312 g/mol. The Kier molecular flexibility index (Phi) is 4.16. The van der Waals surface area contributed by atoms with E-state index in [1.807, 2.05) is 13.0 Å². The molecule has 0 spiro atoms. The van der Waals surface area contributed by atoms with Gasteiger partial charge in [-0.05, 0) is 43.2 Å². The van der Waals surface area contributed by atoms with Gasteiger partial charge in [0.1, 0.15) is 5.75 Å². The van der Waals surface area contributed by atoms with E-state index in [2.05, 4.69) is 10.3 Å². The number of benzene rings is 1. The Bertz CT molecular complexity index is 846. The number of fused-ring (bicyclic) bond motifs is 1. The number of hydrogen-bond acceptors (Lipinski definition) is 5. The first-order chi connectivity index (χ1) is 11.4. The fourth-order valence-corrected chi connectivity index (χ4v) is 2.85. The van der Waals surface area contributed by atoms with E-state index in [1.165, 1.54) is 0 Å². The van der Waals surface area contributed by atoms with Gasteiger partial charge in [0.25, 0.3) is 0 Å². The van der Waals surface area contributed by atoms with Crippen molar-refractivity contribution in [1.82, 2.24) is 10.3 Å². The van der Waals surface area contributed by atoms with Gasteiger partial charge in [0.05, 0.1) is 11.4 Å². The van der Waals surface area contributed by atoms with E-state index in [-0.39, 0.29) is 11.8 Å². The third-order valence-corrected chi connectivity index (χ3v) is 3.99. The molecule has 0 saturated carbocycles. The fourth-order valence-electron chi connectivity index (χ4n) is 2.85. The van der Waals surface area contributed by atoms with Gasteiger partial charge >= 0.3 is 5.97 Å². The van der Waals surface area contributed by atoms with Crippen molar-refractivity contribution in [2.75, 3.05) is 6.61 Å². The Morgan fingerprint density at radius 1 is 1.38 bits per heavy atom. The monoisotopic (exact) mass is 328 g/mol. The second kappa shape index (κ2) is 6.27. The summed E-state index contributed by atoms with van der Waals surface area (Å²) in [6.07, 6.45) is 0.754. The topological polar surface area (TPSA) is 106 Å². The van der Waals surface area contributed by atoms with E-state index < -0.39 is 18.5 Å². The van der Waals surface area contributed by atoms with Crippen molar-refractivity contribution in [3.8, 4) is 5.75 Å². The number of aliphatic carboxylic acids is 1. The van der Waals surface area contributed by atoms with E-state index >= 15 is 0 Å². The van der Waals surface area contributed by atoms with Crippen LogP contribution in [0.2, 0.25) is 0 Å². The van der Waals surface area contributed by atoms with Crippen LogP contribution in [0.3, 0.4) is 0 Å². The Hall–Kier alpha value is -2.96. The number of nitrogens with zero attached hydrogens (tertiary/aromatic N) is 1. The summed E-state index contributed by atoms with van der Waals surface area (Å²) in [5, 5.41) is 11.8. The first kappa shape index (κ1) is 15.9. The van der Waals surface area contributed by atoms with Gasteiger partial charge in [-0.2, -0.15) is 0 Å². The summed E-state index contributed by atoms with van der Waals surface area (Å²) >= 11 is 0. The van der Waals surface area contributed by atoms with Crippen LogP contribution in [0.25, 0.3) is 10.9 Å². The predicted molar refractivity (Wildman–Crippen MR) is 84.7 cm³/mol. The minimum Gasteiger partial charge on any atom is -0.482 e. The number of hydrogen-bond donors (Lipinski definition) is 2. The molecule has 1 aromatic heterocycles. The van der Waals surface area contributed by atoms with Gasteiger partial charge in [0, 0.05) is 17.5 Å². The summed E-state index contributed by atoms with van der Waals surface area (Å²) in [4.78, 5) is 38.5. The first-order valence-electron chi connectivity index (χ1n) is 7.53. The minimum atomic E-state index is -1.05. The van der Waals surface area contributed by atoms with Crippen LogP contribution in [0.5, 0.6) is 5.75 Å². The van der Waals surface area contributed by atoms with Gasteiger partial charge in [-0.15, -0.1) is 0 Å². The van der Waals surface area contributed by atoms with Crippen molar-refractivity contribution < 1.29 is 24.2 Å². The van der Waals surface area contributed by atoms with Crippen molar-refractivity contribution in [1.29, 1.82) is 0 Å². The summed E-state index contributed by atoms with van der Waals surface area (Å²) < 4.78 is 5.18. The molecule has 2 amide bonds. The molecule has 7 heteroatoms. The highest BCUT2D eigenvalue weighted by atomic mass is 16.5. The van der Waals surface area contributed by atoms with Crippen LogP contribution in [0, 0.1) is 6.92 Å². The molecule has 0 aliphatic carbocycles. The van der Waals surface area contributed by atoms with Crippen LogP contribution in [0.1, 0.15) is 30.0 Å². The standard InChI is InChI=1S/C17H16N2O5/c1-9-13(12-3-5-15(20)19-17(12)23)7-10-6-11(24-8-16(21)22)2-4-14(10)18-9/h2,4,6-7,12H,3,5,8H2,1H3,(H,21,22)(H,19,20,23). The molecule has 0 radical (unpaired) electrons. The highest BCUT2D eigenvalue weighted by Gasteiger charge is 2.29. The molecule has 0 bridgehead atoms. The van der Waals surface area contributed by atoms with Crippen molar-refractivity contribution >= 4 is 28.7 Å². The summed E-state index contributed by atoms with van der Waals surface area (Å²) in [6.45, 7) is 1.40. The van der Waals surface area contributed by atoms with Crippen molar-refractivity contribution in [3.63, 3.8) is 0 Å². The number of carbonyl (C=O) groups excluding carboxylic acids is 2. The quantitative estimate of drug-likeness (QED) is 0.825. The van der Waals surface area contributed by atoms with Crippen molar-refractivity contribution in [2.45, 2.75) is 25.7 Å². The molecule has 1 aliphatic rings. The maximum atomic E-state index is 12.1. The number of rotatable bonds is 4. The number of imide groups is 1. The number of aryl methyl sites for hydroxylation is 1. The summed E-state index contributed by atoms with van der Waals surface area (Å²) in [6, 6.07) is 6.95. The molecule has 124 valence electrons.